The van der Waals surface area contributed by atoms with Gasteiger partial charge in [-0.05, 0) is 36.6 Å². The fraction of sp³-hybridized carbons (Fsp3) is 0.231. The van der Waals surface area contributed by atoms with E-state index >= 15 is 0 Å². The monoisotopic (exact) mass is 235 g/mol. The highest BCUT2D eigenvalue weighted by atomic mass is 35.5. The molecule has 0 amide bonds. The van der Waals surface area contributed by atoms with E-state index in [-0.39, 0.29) is 6.04 Å². The Morgan fingerprint density at radius 1 is 1.25 bits per heavy atom. The van der Waals surface area contributed by atoms with E-state index in [9.17, 15) is 0 Å². The van der Waals surface area contributed by atoms with Crippen LogP contribution in [0.4, 0.5) is 0 Å². The van der Waals surface area contributed by atoms with Crippen molar-refractivity contribution in [3.8, 4) is 0 Å². The summed E-state index contributed by atoms with van der Waals surface area (Å²) in [6, 6.07) is 10.0. The zero-order valence-electron chi connectivity index (χ0n) is 9.11. The van der Waals surface area contributed by atoms with E-state index in [1.54, 1.807) is 6.26 Å². The molecular weight excluding hydrogens is 222 g/mol. The van der Waals surface area contributed by atoms with E-state index in [2.05, 4.69) is 31.2 Å². The van der Waals surface area contributed by atoms with Crippen LogP contribution in [0.1, 0.15) is 22.7 Å². The second kappa shape index (κ2) is 4.73. The Hall–Kier alpha value is -1.25. The molecule has 0 spiro atoms. The minimum absolute atomic E-state index is 0.117. The van der Waals surface area contributed by atoms with Crippen molar-refractivity contribution >= 4 is 11.6 Å². The highest BCUT2D eigenvalue weighted by Gasteiger charge is 2.12. The third kappa shape index (κ3) is 2.46. The largest absolute Gasteiger partial charge is 0.453 e. The molecule has 1 aromatic heterocycles. The van der Waals surface area contributed by atoms with Gasteiger partial charge in [0.2, 0.25) is 0 Å². The fourth-order valence-electron chi connectivity index (χ4n) is 1.66. The molecule has 0 aliphatic rings. The van der Waals surface area contributed by atoms with Crippen molar-refractivity contribution < 1.29 is 4.42 Å². The molecule has 1 atom stereocenters. The molecule has 1 aromatic carbocycles. The highest BCUT2D eigenvalue weighted by molar-refractivity contribution is 6.29. The maximum Gasteiger partial charge on any atom is 0.197 e. The molecule has 1 unspecified atom stereocenters. The number of nitrogens with two attached hydrogens (primary N) is 1. The minimum Gasteiger partial charge on any atom is -0.453 e. The normalized spacial score (nSPS) is 12.7. The second-order valence-corrected chi connectivity index (χ2v) is 4.29. The van der Waals surface area contributed by atoms with Gasteiger partial charge in [-0.15, -0.1) is 0 Å². The molecule has 84 valence electrons. The van der Waals surface area contributed by atoms with E-state index in [1.807, 2.05) is 6.07 Å². The molecule has 0 bridgehead atoms. The Balaban J connectivity index is 2.10. The molecule has 0 aliphatic heterocycles. The third-order valence-electron chi connectivity index (χ3n) is 2.62. The third-order valence-corrected chi connectivity index (χ3v) is 2.93. The van der Waals surface area contributed by atoms with E-state index in [4.69, 9.17) is 21.8 Å². The molecule has 0 saturated carbocycles. The zero-order chi connectivity index (χ0) is 11.5. The van der Waals surface area contributed by atoms with Crippen LogP contribution < -0.4 is 5.73 Å². The Morgan fingerprint density at radius 3 is 2.50 bits per heavy atom. The SMILES string of the molecule is Cc1ccc(CC(N)c2ccoc2Cl)cc1. The van der Waals surface area contributed by atoms with Gasteiger partial charge in [-0.25, -0.2) is 0 Å². The smallest absolute Gasteiger partial charge is 0.197 e. The van der Waals surface area contributed by atoms with Gasteiger partial charge in [-0.2, -0.15) is 0 Å². The van der Waals surface area contributed by atoms with Crippen LogP contribution in [0.3, 0.4) is 0 Å². The number of hydrogen-bond donors (Lipinski definition) is 1. The number of halogens is 1. The lowest BCUT2D eigenvalue weighted by atomic mass is 10.0. The topological polar surface area (TPSA) is 39.2 Å². The molecule has 2 nitrogen and oxygen atoms in total. The van der Waals surface area contributed by atoms with Crippen molar-refractivity contribution in [2.45, 2.75) is 19.4 Å². The Morgan fingerprint density at radius 2 is 1.94 bits per heavy atom. The summed E-state index contributed by atoms with van der Waals surface area (Å²) in [5.74, 6) is 0. The molecular formula is C13H14ClNO. The summed E-state index contributed by atoms with van der Waals surface area (Å²) in [6.45, 7) is 2.07. The lowest BCUT2D eigenvalue weighted by Gasteiger charge is -2.10. The lowest BCUT2D eigenvalue weighted by molar-refractivity contribution is 0.560. The summed E-state index contributed by atoms with van der Waals surface area (Å²) in [5, 5.41) is 0.389. The molecule has 2 rings (SSSR count). The number of furan rings is 1. The predicted octanol–water partition coefficient (Wildman–Crippen LogP) is 3.48. The molecule has 0 radical (unpaired) electrons. The average molecular weight is 236 g/mol. The molecule has 0 aliphatic carbocycles. The van der Waals surface area contributed by atoms with E-state index in [0.717, 1.165) is 12.0 Å². The zero-order valence-corrected chi connectivity index (χ0v) is 9.87. The quantitative estimate of drug-likeness (QED) is 0.885. The van der Waals surface area contributed by atoms with E-state index in [1.165, 1.54) is 11.1 Å². The van der Waals surface area contributed by atoms with E-state index in [0.29, 0.717) is 5.22 Å². The Kier molecular flexibility index (Phi) is 3.32. The van der Waals surface area contributed by atoms with Crippen molar-refractivity contribution in [3.63, 3.8) is 0 Å². The molecule has 0 saturated heterocycles. The van der Waals surface area contributed by atoms with E-state index < -0.39 is 0 Å². The summed E-state index contributed by atoms with van der Waals surface area (Å²) < 4.78 is 5.03. The summed E-state index contributed by atoms with van der Waals surface area (Å²) in [4.78, 5) is 0. The van der Waals surface area contributed by atoms with Crippen molar-refractivity contribution in [2.75, 3.05) is 0 Å². The van der Waals surface area contributed by atoms with Crippen LogP contribution in [0.2, 0.25) is 5.22 Å². The van der Waals surface area contributed by atoms with Gasteiger partial charge in [-0.1, -0.05) is 29.8 Å². The van der Waals surface area contributed by atoms with Gasteiger partial charge in [0.1, 0.15) is 0 Å². The van der Waals surface area contributed by atoms with Crippen molar-refractivity contribution in [2.24, 2.45) is 5.73 Å². The van der Waals surface area contributed by atoms with Gasteiger partial charge in [-0.3, -0.25) is 0 Å². The van der Waals surface area contributed by atoms with Gasteiger partial charge in [0, 0.05) is 11.6 Å². The van der Waals surface area contributed by atoms with Crippen LogP contribution in [0.5, 0.6) is 0 Å². The maximum atomic E-state index is 6.07. The van der Waals surface area contributed by atoms with Crippen LogP contribution in [0.25, 0.3) is 0 Å². The number of rotatable bonds is 3. The summed E-state index contributed by atoms with van der Waals surface area (Å²) >= 11 is 5.88. The van der Waals surface area contributed by atoms with Gasteiger partial charge >= 0.3 is 0 Å². The first-order valence-corrected chi connectivity index (χ1v) is 5.58. The van der Waals surface area contributed by atoms with Crippen LogP contribution in [0.15, 0.2) is 41.0 Å². The Labute approximate surface area is 100 Å². The molecule has 2 N–H and O–H groups in total. The maximum absolute atomic E-state index is 6.07. The van der Waals surface area contributed by atoms with Crippen molar-refractivity contribution in [1.29, 1.82) is 0 Å². The highest BCUT2D eigenvalue weighted by Crippen LogP contribution is 2.24. The molecule has 2 aromatic rings. The second-order valence-electron chi connectivity index (χ2n) is 3.95. The van der Waals surface area contributed by atoms with Crippen LogP contribution in [-0.2, 0) is 6.42 Å². The number of benzene rings is 1. The van der Waals surface area contributed by atoms with Gasteiger partial charge in [0.05, 0.1) is 6.26 Å². The first-order valence-electron chi connectivity index (χ1n) is 5.21. The Bertz CT molecular complexity index is 461. The minimum atomic E-state index is -0.117. The van der Waals surface area contributed by atoms with Gasteiger partial charge in [0.15, 0.2) is 5.22 Å². The summed E-state index contributed by atoms with van der Waals surface area (Å²) in [7, 11) is 0. The first kappa shape index (κ1) is 11.2. The first-order chi connectivity index (χ1) is 7.66. The predicted molar refractivity (Wildman–Crippen MR) is 65.5 cm³/mol. The van der Waals surface area contributed by atoms with Crippen molar-refractivity contribution in [3.05, 3.63) is 58.5 Å². The average Bonchev–Trinajstić information content (AvgIpc) is 2.68. The molecule has 1 heterocycles. The summed E-state index contributed by atoms with van der Waals surface area (Å²) in [5.41, 5.74) is 9.38. The fourth-order valence-corrected chi connectivity index (χ4v) is 1.91. The van der Waals surface area contributed by atoms with Crippen LogP contribution in [-0.4, -0.2) is 0 Å². The van der Waals surface area contributed by atoms with Gasteiger partial charge in [0.25, 0.3) is 0 Å². The number of aryl methyl sites for hydroxylation is 1. The van der Waals surface area contributed by atoms with Crippen LogP contribution in [0, 0.1) is 6.92 Å². The molecule has 3 heteroatoms. The van der Waals surface area contributed by atoms with Crippen molar-refractivity contribution in [1.82, 2.24) is 0 Å². The van der Waals surface area contributed by atoms with Gasteiger partial charge < -0.3 is 10.2 Å². The molecule has 0 fully saturated rings. The standard InChI is InChI=1S/C13H14ClNO/c1-9-2-4-10(5-3-9)8-12(15)11-6-7-16-13(11)14/h2-7,12H,8,15H2,1H3. The summed E-state index contributed by atoms with van der Waals surface area (Å²) in [6.07, 6.45) is 2.33. The molecule has 16 heavy (non-hydrogen) atoms. The van der Waals surface area contributed by atoms with Crippen LogP contribution >= 0.6 is 11.6 Å². The number of hydrogen-bond acceptors (Lipinski definition) is 2. The lowest BCUT2D eigenvalue weighted by Crippen LogP contribution is -2.12.